The van der Waals surface area contributed by atoms with Gasteiger partial charge in [-0.3, -0.25) is 0 Å². The third kappa shape index (κ3) is 7.59. The van der Waals surface area contributed by atoms with Crippen LogP contribution in [0.25, 0.3) is 89.9 Å². The predicted octanol–water partition coefficient (Wildman–Crippen LogP) is 14.6. The van der Waals surface area contributed by atoms with Crippen LogP contribution >= 0.6 is 0 Å². The second kappa shape index (κ2) is 16.7. The van der Waals surface area contributed by atoms with Gasteiger partial charge in [-0.05, 0) is 74.5 Å². The second-order valence-corrected chi connectivity index (χ2v) is 17.3. The van der Waals surface area contributed by atoms with Gasteiger partial charge in [-0.15, -0.1) is 34.9 Å². The van der Waals surface area contributed by atoms with Crippen molar-refractivity contribution in [2.24, 2.45) is 0 Å². The maximum absolute atomic E-state index is 15.7. The number of nitrogens with zero attached hydrogens (tertiary/aromatic N) is 4. The minimum atomic E-state index is -2.93. The molecule has 64 heavy (non-hydrogen) atoms. The van der Waals surface area contributed by atoms with E-state index >= 15 is 8.78 Å². The summed E-state index contributed by atoms with van der Waals surface area (Å²) in [5.41, 5.74) is 11.0. The van der Waals surface area contributed by atoms with Gasteiger partial charge < -0.3 is 4.98 Å². The molecular formula is C57H43F2IrN4-. The third-order valence-electron chi connectivity index (χ3n) is 12.6. The molecule has 0 amide bonds. The first-order valence-corrected chi connectivity index (χ1v) is 21.2. The van der Waals surface area contributed by atoms with Crippen LogP contribution < -0.4 is 0 Å². The standard InChI is InChI=1S/C57H43F2N4.Ir/c1-55(2)49-29-27-45(35-50(49)56(3,4)57(55,58)59)51-30-28-48(36-60-51)54-62-52(46-25-13-23-43(33-46)41-21-11-19-39(31-41)37-15-7-5-8-16-37)61-53(63-54)47-26-14-24-44(34-47)42-22-12-20-40(32-42)38-17-9-6-10-18-38;/h5-26,28-36H,1-4H3;/q-1;. The number of halogens is 2. The third-order valence-corrected chi connectivity index (χ3v) is 12.6. The van der Waals surface area contributed by atoms with Crippen LogP contribution in [0.15, 0.2) is 188 Å². The zero-order valence-corrected chi connectivity index (χ0v) is 38.2. The summed E-state index contributed by atoms with van der Waals surface area (Å²) >= 11 is 0. The van der Waals surface area contributed by atoms with E-state index in [4.69, 9.17) is 19.9 Å². The van der Waals surface area contributed by atoms with Gasteiger partial charge in [0.1, 0.15) is 0 Å². The molecule has 1 aliphatic rings. The first-order chi connectivity index (χ1) is 30.5. The normalized spacial score (nSPS) is 14.3. The van der Waals surface area contributed by atoms with E-state index in [-0.39, 0.29) is 20.1 Å². The van der Waals surface area contributed by atoms with Crippen LogP contribution in [0, 0.1) is 6.07 Å². The summed E-state index contributed by atoms with van der Waals surface area (Å²) in [5.74, 6) is -1.43. The monoisotopic (exact) mass is 1010 g/mol. The Balaban J connectivity index is 0.00000518. The minimum absolute atomic E-state index is 0. The fourth-order valence-electron chi connectivity index (χ4n) is 8.94. The second-order valence-electron chi connectivity index (χ2n) is 17.3. The van der Waals surface area contributed by atoms with Crippen molar-refractivity contribution >= 4 is 0 Å². The van der Waals surface area contributed by atoms with Crippen LogP contribution in [-0.2, 0) is 30.9 Å². The van der Waals surface area contributed by atoms with E-state index in [2.05, 4.69) is 127 Å². The first kappa shape index (κ1) is 42.5. The molecule has 4 nitrogen and oxygen atoms in total. The molecule has 0 spiro atoms. The molecule has 0 unspecified atom stereocenters. The van der Waals surface area contributed by atoms with Crippen LogP contribution in [0.3, 0.4) is 0 Å². The molecule has 0 atom stereocenters. The molecule has 0 N–H and O–H groups in total. The zero-order valence-electron chi connectivity index (χ0n) is 35.8. The Labute approximate surface area is 386 Å². The van der Waals surface area contributed by atoms with Gasteiger partial charge in [0, 0.05) is 53.8 Å². The minimum Gasteiger partial charge on any atom is -0.304 e. The molecule has 1 aliphatic carbocycles. The van der Waals surface area contributed by atoms with Gasteiger partial charge in [0.2, 0.25) is 0 Å². The van der Waals surface area contributed by atoms with Crippen molar-refractivity contribution in [3.05, 3.63) is 205 Å². The van der Waals surface area contributed by atoms with Crippen molar-refractivity contribution < 1.29 is 28.9 Å². The number of alkyl halides is 2. The first-order valence-electron chi connectivity index (χ1n) is 21.2. The quantitative estimate of drug-likeness (QED) is 0.142. The van der Waals surface area contributed by atoms with Crippen LogP contribution in [0.1, 0.15) is 38.8 Å². The number of pyridine rings is 1. The Kier molecular flexibility index (Phi) is 11.1. The molecule has 315 valence electrons. The number of hydrogen-bond acceptors (Lipinski definition) is 4. The number of rotatable bonds is 8. The van der Waals surface area contributed by atoms with Crippen molar-refractivity contribution in [1.82, 2.24) is 19.9 Å². The SMILES string of the molecule is CC1(C)c2c[c-]c(-c3ccc(-c4nc(-c5cccc(-c6cccc(-c7ccccc7)c6)c5)nc(-c5cccc(-c6cccc(-c7ccccc7)c6)c5)n4)cn3)cc2C(C)(C)C1(F)F.[Ir]. The molecule has 1 radical (unpaired) electrons. The molecule has 7 aromatic carbocycles. The number of hydrogen-bond donors (Lipinski definition) is 0. The van der Waals surface area contributed by atoms with Gasteiger partial charge in [0.05, 0.1) is 0 Å². The Hall–Kier alpha value is -6.79. The Morgan fingerprint density at radius 1 is 0.391 bits per heavy atom. The molecule has 7 heteroatoms. The van der Waals surface area contributed by atoms with E-state index in [0.717, 1.165) is 55.6 Å². The smallest absolute Gasteiger partial charge is 0.256 e. The van der Waals surface area contributed by atoms with E-state index in [0.29, 0.717) is 45.4 Å². The average molecular weight is 1010 g/mol. The number of benzene rings is 7. The maximum Gasteiger partial charge on any atom is 0.256 e. The van der Waals surface area contributed by atoms with Gasteiger partial charge in [-0.2, -0.15) is 0 Å². The summed E-state index contributed by atoms with van der Waals surface area (Å²) in [6.07, 6.45) is 1.74. The Morgan fingerprint density at radius 2 is 0.766 bits per heavy atom. The fraction of sp³-hybridized carbons (Fsp3) is 0.123. The summed E-state index contributed by atoms with van der Waals surface area (Å²) in [5, 5.41) is 0. The van der Waals surface area contributed by atoms with E-state index in [1.54, 1.807) is 40.0 Å². The van der Waals surface area contributed by atoms with Gasteiger partial charge >= 0.3 is 0 Å². The van der Waals surface area contributed by atoms with Gasteiger partial charge in [0.25, 0.3) is 5.92 Å². The summed E-state index contributed by atoms with van der Waals surface area (Å²) < 4.78 is 31.4. The van der Waals surface area contributed by atoms with E-state index in [1.165, 1.54) is 0 Å². The van der Waals surface area contributed by atoms with Crippen molar-refractivity contribution in [2.45, 2.75) is 44.4 Å². The summed E-state index contributed by atoms with van der Waals surface area (Å²) in [6, 6.07) is 65.0. The molecule has 0 bridgehead atoms. The maximum atomic E-state index is 15.7. The zero-order chi connectivity index (χ0) is 43.3. The summed E-state index contributed by atoms with van der Waals surface area (Å²) in [7, 11) is 0. The van der Waals surface area contributed by atoms with Crippen LogP contribution in [0.4, 0.5) is 8.78 Å². The van der Waals surface area contributed by atoms with Crippen LogP contribution in [0.5, 0.6) is 0 Å². The van der Waals surface area contributed by atoms with Crippen LogP contribution in [0.2, 0.25) is 0 Å². The summed E-state index contributed by atoms with van der Waals surface area (Å²) in [6.45, 7) is 6.45. The Morgan fingerprint density at radius 3 is 1.20 bits per heavy atom. The summed E-state index contributed by atoms with van der Waals surface area (Å²) in [4.78, 5) is 20.1. The Bertz CT molecular complexity index is 3000. The van der Waals surface area contributed by atoms with Crippen molar-refractivity contribution in [2.75, 3.05) is 0 Å². The van der Waals surface area contributed by atoms with Crippen LogP contribution in [-0.4, -0.2) is 25.9 Å². The van der Waals surface area contributed by atoms with Gasteiger partial charge in [-0.1, -0.05) is 173 Å². The molecule has 0 saturated carbocycles. The largest absolute Gasteiger partial charge is 0.304 e. The fourth-order valence-corrected chi connectivity index (χ4v) is 8.94. The number of fused-ring (bicyclic) bond motifs is 1. The molecule has 2 aromatic heterocycles. The average Bonchev–Trinajstić information content (AvgIpc) is 3.44. The molecule has 0 fully saturated rings. The van der Waals surface area contributed by atoms with Crippen molar-refractivity contribution in [1.29, 1.82) is 0 Å². The predicted molar refractivity (Wildman–Crippen MR) is 251 cm³/mol. The van der Waals surface area contributed by atoms with E-state index in [1.807, 2.05) is 54.6 Å². The molecule has 2 heterocycles. The van der Waals surface area contributed by atoms with Gasteiger partial charge in [0.15, 0.2) is 17.5 Å². The molecular weight excluding hydrogens is 971 g/mol. The molecule has 0 saturated heterocycles. The van der Waals surface area contributed by atoms with Crippen molar-refractivity contribution in [3.63, 3.8) is 0 Å². The number of aromatic nitrogens is 4. The van der Waals surface area contributed by atoms with E-state index < -0.39 is 16.8 Å². The molecule has 10 rings (SSSR count). The van der Waals surface area contributed by atoms with E-state index in [9.17, 15) is 0 Å². The topological polar surface area (TPSA) is 51.6 Å². The van der Waals surface area contributed by atoms with Gasteiger partial charge in [-0.25, -0.2) is 23.7 Å². The molecule has 9 aromatic rings. The molecule has 0 aliphatic heterocycles. The van der Waals surface area contributed by atoms with Crippen molar-refractivity contribution in [3.8, 4) is 89.9 Å².